The highest BCUT2D eigenvalue weighted by atomic mass is 32.2. The normalized spacial score (nSPS) is 17.5. The molecule has 0 radical (unpaired) electrons. The first kappa shape index (κ1) is 20.8. The number of ether oxygens (including phenoxy) is 2. The molecule has 2 aromatic carbocycles. The number of rotatable bonds is 8. The van der Waals surface area contributed by atoms with E-state index in [1.54, 1.807) is 12.1 Å². The third kappa shape index (κ3) is 5.00. The van der Waals surface area contributed by atoms with Gasteiger partial charge in [0.1, 0.15) is 5.75 Å². The van der Waals surface area contributed by atoms with Gasteiger partial charge in [0.25, 0.3) is 5.91 Å². The van der Waals surface area contributed by atoms with Crippen molar-refractivity contribution in [3.8, 4) is 5.75 Å². The van der Waals surface area contributed by atoms with E-state index in [1.807, 2.05) is 35.2 Å². The Morgan fingerprint density at radius 1 is 1.03 bits per heavy atom. The molecule has 2 fully saturated rings. The van der Waals surface area contributed by atoms with Crippen LogP contribution in [0, 0.1) is 0 Å². The van der Waals surface area contributed by atoms with E-state index >= 15 is 0 Å². The number of hydrogen-bond acceptors (Lipinski definition) is 5. The lowest BCUT2D eigenvalue weighted by atomic mass is 10.2. The van der Waals surface area contributed by atoms with E-state index in [0.29, 0.717) is 38.6 Å². The second-order valence-corrected chi connectivity index (χ2v) is 9.45. The molecule has 1 saturated carbocycles. The molecule has 8 heteroatoms. The number of hydrogen-bond donors (Lipinski definition) is 0. The summed E-state index contributed by atoms with van der Waals surface area (Å²) in [6.07, 6.45) is 2.04. The number of sulfonamides is 1. The van der Waals surface area contributed by atoms with Gasteiger partial charge in [-0.3, -0.25) is 4.79 Å². The maximum absolute atomic E-state index is 12.7. The Morgan fingerprint density at radius 2 is 1.70 bits per heavy atom. The Balaban J connectivity index is 1.35. The first-order valence-electron chi connectivity index (χ1n) is 10.2. The summed E-state index contributed by atoms with van der Waals surface area (Å²) in [5.74, 6) is 0.408. The van der Waals surface area contributed by atoms with Gasteiger partial charge in [0.05, 0.1) is 18.1 Å². The summed E-state index contributed by atoms with van der Waals surface area (Å²) in [5.41, 5.74) is 1.09. The van der Waals surface area contributed by atoms with Crippen LogP contribution in [-0.4, -0.2) is 62.5 Å². The Labute approximate surface area is 177 Å². The van der Waals surface area contributed by atoms with Crippen LogP contribution in [-0.2, 0) is 26.1 Å². The van der Waals surface area contributed by atoms with Gasteiger partial charge in [-0.2, -0.15) is 4.31 Å². The fourth-order valence-electron chi connectivity index (χ4n) is 3.46. The second kappa shape index (κ2) is 9.16. The molecule has 1 aliphatic carbocycles. The van der Waals surface area contributed by atoms with E-state index in [9.17, 15) is 13.2 Å². The van der Waals surface area contributed by atoms with Crippen LogP contribution in [0.5, 0.6) is 5.75 Å². The van der Waals surface area contributed by atoms with Crippen LogP contribution in [0.25, 0.3) is 0 Å². The first-order valence-corrected chi connectivity index (χ1v) is 11.6. The van der Waals surface area contributed by atoms with Gasteiger partial charge in [-0.15, -0.1) is 0 Å². The van der Waals surface area contributed by atoms with Crippen LogP contribution in [0.2, 0.25) is 0 Å². The van der Waals surface area contributed by atoms with Crippen molar-refractivity contribution in [3.63, 3.8) is 0 Å². The Morgan fingerprint density at radius 3 is 2.33 bits per heavy atom. The van der Waals surface area contributed by atoms with Gasteiger partial charge in [0, 0.05) is 25.7 Å². The summed E-state index contributed by atoms with van der Waals surface area (Å²) in [6.45, 7) is 2.02. The number of morpholine rings is 1. The largest absolute Gasteiger partial charge is 0.484 e. The minimum Gasteiger partial charge on any atom is -0.484 e. The SMILES string of the molecule is O=C(COc1ccc(S(=O)(=O)N2CCOCC2)cc1)N(Cc1ccccc1)C1CC1. The summed E-state index contributed by atoms with van der Waals surface area (Å²) >= 11 is 0. The van der Waals surface area contributed by atoms with Gasteiger partial charge in [-0.1, -0.05) is 30.3 Å². The van der Waals surface area contributed by atoms with Crippen molar-refractivity contribution in [1.82, 2.24) is 9.21 Å². The molecule has 4 rings (SSSR count). The van der Waals surface area contributed by atoms with E-state index in [0.717, 1.165) is 18.4 Å². The maximum atomic E-state index is 12.7. The van der Waals surface area contributed by atoms with Gasteiger partial charge >= 0.3 is 0 Å². The molecule has 0 aromatic heterocycles. The zero-order valence-corrected chi connectivity index (χ0v) is 17.6. The van der Waals surface area contributed by atoms with Crippen LogP contribution in [0.1, 0.15) is 18.4 Å². The van der Waals surface area contributed by atoms with Crippen molar-refractivity contribution in [1.29, 1.82) is 0 Å². The van der Waals surface area contributed by atoms with Gasteiger partial charge in [0.15, 0.2) is 6.61 Å². The molecular weight excluding hydrogens is 404 g/mol. The number of carbonyl (C=O) groups is 1. The maximum Gasteiger partial charge on any atom is 0.261 e. The van der Waals surface area contributed by atoms with Gasteiger partial charge in [0.2, 0.25) is 10.0 Å². The lowest BCUT2D eigenvalue weighted by molar-refractivity contribution is -0.134. The Bertz CT molecular complexity index is 953. The molecule has 160 valence electrons. The molecule has 0 unspecified atom stereocenters. The minimum atomic E-state index is -3.54. The van der Waals surface area contributed by atoms with E-state index in [4.69, 9.17) is 9.47 Å². The highest BCUT2D eigenvalue weighted by Crippen LogP contribution is 2.28. The lowest BCUT2D eigenvalue weighted by Gasteiger charge is -2.26. The average Bonchev–Trinajstić information content (AvgIpc) is 3.63. The van der Waals surface area contributed by atoms with Crippen molar-refractivity contribution >= 4 is 15.9 Å². The zero-order valence-electron chi connectivity index (χ0n) is 16.8. The topological polar surface area (TPSA) is 76.2 Å². The molecule has 0 atom stereocenters. The Kier molecular flexibility index (Phi) is 6.36. The van der Waals surface area contributed by atoms with Gasteiger partial charge in [-0.25, -0.2) is 8.42 Å². The van der Waals surface area contributed by atoms with Crippen molar-refractivity contribution in [3.05, 3.63) is 60.2 Å². The molecule has 1 saturated heterocycles. The van der Waals surface area contributed by atoms with Crippen LogP contribution >= 0.6 is 0 Å². The van der Waals surface area contributed by atoms with Gasteiger partial charge < -0.3 is 14.4 Å². The summed E-state index contributed by atoms with van der Waals surface area (Å²) in [5, 5.41) is 0. The summed E-state index contributed by atoms with van der Waals surface area (Å²) in [6, 6.07) is 16.4. The Hall–Kier alpha value is -2.42. The van der Waals surface area contributed by atoms with E-state index in [1.165, 1.54) is 16.4 Å². The van der Waals surface area contributed by atoms with Gasteiger partial charge in [-0.05, 0) is 42.7 Å². The molecule has 2 aromatic rings. The second-order valence-electron chi connectivity index (χ2n) is 7.51. The summed E-state index contributed by atoms with van der Waals surface area (Å²) in [4.78, 5) is 14.8. The fraction of sp³-hybridized carbons (Fsp3) is 0.409. The molecule has 2 aliphatic rings. The van der Waals surface area contributed by atoms with E-state index in [2.05, 4.69) is 0 Å². The molecule has 0 bridgehead atoms. The zero-order chi connectivity index (χ0) is 21.0. The number of amides is 1. The molecule has 7 nitrogen and oxygen atoms in total. The van der Waals surface area contributed by atoms with E-state index < -0.39 is 10.0 Å². The fourth-order valence-corrected chi connectivity index (χ4v) is 4.87. The smallest absolute Gasteiger partial charge is 0.261 e. The molecule has 0 spiro atoms. The molecular formula is C22H26N2O5S. The van der Waals surface area contributed by atoms with Crippen LogP contribution < -0.4 is 4.74 Å². The minimum absolute atomic E-state index is 0.0635. The molecule has 1 aliphatic heterocycles. The van der Waals surface area contributed by atoms with Crippen molar-refractivity contribution in [2.24, 2.45) is 0 Å². The third-order valence-electron chi connectivity index (χ3n) is 5.30. The average molecular weight is 431 g/mol. The van der Waals surface area contributed by atoms with Crippen molar-refractivity contribution in [2.75, 3.05) is 32.9 Å². The number of nitrogens with zero attached hydrogens (tertiary/aromatic N) is 2. The highest BCUT2D eigenvalue weighted by Gasteiger charge is 2.32. The monoisotopic (exact) mass is 430 g/mol. The standard InChI is InChI=1S/C22H26N2O5S/c25-22(24(19-6-7-19)16-18-4-2-1-3-5-18)17-29-20-8-10-21(11-9-20)30(26,27)23-12-14-28-15-13-23/h1-5,8-11,19H,6-7,12-17H2. The first-order chi connectivity index (χ1) is 14.5. The molecule has 1 amide bonds. The summed E-state index contributed by atoms with van der Waals surface area (Å²) < 4.78 is 37.7. The van der Waals surface area contributed by atoms with Crippen molar-refractivity contribution < 1.29 is 22.7 Å². The summed E-state index contributed by atoms with van der Waals surface area (Å²) in [7, 11) is -3.54. The van der Waals surface area contributed by atoms with E-state index in [-0.39, 0.29) is 23.5 Å². The quantitative estimate of drug-likeness (QED) is 0.642. The predicted octanol–water partition coefficient (Wildman–Crippen LogP) is 2.28. The molecule has 1 heterocycles. The third-order valence-corrected chi connectivity index (χ3v) is 7.21. The lowest BCUT2D eigenvalue weighted by Crippen LogP contribution is -2.40. The van der Waals surface area contributed by atoms with Crippen molar-refractivity contribution in [2.45, 2.75) is 30.3 Å². The van der Waals surface area contributed by atoms with Crippen LogP contribution in [0.15, 0.2) is 59.5 Å². The van der Waals surface area contributed by atoms with Crippen LogP contribution in [0.3, 0.4) is 0 Å². The number of benzene rings is 2. The molecule has 0 N–H and O–H groups in total. The van der Waals surface area contributed by atoms with Crippen LogP contribution in [0.4, 0.5) is 0 Å². The number of carbonyl (C=O) groups excluding carboxylic acids is 1. The highest BCUT2D eigenvalue weighted by molar-refractivity contribution is 7.89. The predicted molar refractivity (Wildman–Crippen MR) is 112 cm³/mol. The molecule has 30 heavy (non-hydrogen) atoms.